The van der Waals surface area contributed by atoms with Crippen LogP contribution in [-0.2, 0) is 6.42 Å². The molecule has 3 rings (SSSR count). The molecule has 1 aromatic carbocycles. The van der Waals surface area contributed by atoms with Crippen LogP contribution in [0.1, 0.15) is 18.4 Å². The van der Waals surface area contributed by atoms with E-state index in [0.29, 0.717) is 0 Å². The molecule has 0 atom stereocenters. The van der Waals surface area contributed by atoms with Gasteiger partial charge in [0.25, 0.3) is 0 Å². The number of piperidine rings is 1. The van der Waals surface area contributed by atoms with Crippen LogP contribution in [-0.4, -0.2) is 30.1 Å². The van der Waals surface area contributed by atoms with Crippen molar-refractivity contribution in [2.45, 2.75) is 19.3 Å². The highest BCUT2D eigenvalue weighted by Crippen LogP contribution is 2.24. The molecule has 2 heterocycles. The van der Waals surface area contributed by atoms with E-state index in [2.05, 4.69) is 50.5 Å². The number of nitrogens with zero attached hydrogens (tertiary/aromatic N) is 3. The Kier molecular flexibility index (Phi) is 4.34. The predicted molar refractivity (Wildman–Crippen MR) is 86.7 cm³/mol. The molecule has 0 radical (unpaired) electrons. The van der Waals surface area contributed by atoms with Gasteiger partial charge in [-0.3, -0.25) is 4.98 Å². The minimum Gasteiger partial charge on any atom is -0.372 e. The average molecular weight is 282 g/mol. The van der Waals surface area contributed by atoms with Gasteiger partial charge in [0.15, 0.2) is 0 Å². The average Bonchev–Trinajstić information content (AvgIpc) is 2.56. The van der Waals surface area contributed by atoms with Gasteiger partial charge in [0.05, 0.1) is 12.4 Å². The van der Waals surface area contributed by atoms with Crippen LogP contribution in [0.2, 0.25) is 0 Å². The van der Waals surface area contributed by atoms with Crippen LogP contribution < -0.4 is 10.2 Å². The summed E-state index contributed by atoms with van der Waals surface area (Å²) in [6.07, 6.45) is 7.25. The third-order valence-electron chi connectivity index (χ3n) is 4.18. The molecule has 0 aliphatic carbocycles. The van der Waals surface area contributed by atoms with E-state index in [9.17, 15) is 0 Å². The van der Waals surface area contributed by atoms with E-state index in [1.807, 2.05) is 13.2 Å². The number of aromatic nitrogens is 2. The molecule has 110 valence electrons. The quantitative estimate of drug-likeness (QED) is 0.936. The first-order chi connectivity index (χ1) is 10.3. The van der Waals surface area contributed by atoms with Gasteiger partial charge in [-0.05, 0) is 30.7 Å². The Balaban J connectivity index is 1.57. The molecule has 1 fully saturated rings. The number of anilines is 2. The van der Waals surface area contributed by atoms with Crippen molar-refractivity contribution >= 4 is 11.6 Å². The lowest BCUT2D eigenvalue weighted by molar-refractivity contribution is 0.402. The Labute approximate surface area is 126 Å². The maximum absolute atomic E-state index is 4.58. The van der Waals surface area contributed by atoms with Crippen molar-refractivity contribution in [2.75, 3.05) is 30.4 Å². The lowest BCUT2D eigenvalue weighted by Gasteiger charge is -2.32. The zero-order chi connectivity index (χ0) is 14.5. The van der Waals surface area contributed by atoms with Crippen LogP contribution in [0.3, 0.4) is 0 Å². The number of hydrogen-bond acceptors (Lipinski definition) is 4. The highest BCUT2D eigenvalue weighted by molar-refractivity contribution is 5.43. The number of benzene rings is 1. The van der Waals surface area contributed by atoms with Crippen LogP contribution in [0.15, 0.2) is 42.7 Å². The van der Waals surface area contributed by atoms with Gasteiger partial charge < -0.3 is 10.2 Å². The summed E-state index contributed by atoms with van der Waals surface area (Å²) in [4.78, 5) is 11.2. The zero-order valence-corrected chi connectivity index (χ0v) is 12.5. The van der Waals surface area contributed by atoms with Gasteiger partial charge in [0.1, 0.15) is 11.6 Å². The fraction of sp³-hybridized carbons (Fsp3) is 0.412. The molecule has 4 nitrogen and oxygen atoms in total. The number of hydrogen-bond donors (Lipinski definition) is 1. The smallest absolute Gasteiger partial charge is 0.149 e. The van der Waals surface area contributed by atoms with Crippen molar-refractivity contribution in [1.29, 1.82) is 0 Å². The Hall–Kier alpha value is -2.10. The topological polar surface area (TPSA) is 41.1 Å². The largest absolute Gasteiger partial charge is 0.372 e. The molecule has 1 aliphatic heterocycles. The first kappa shape index (κ1) is 13.9. The Bertz CT molecular complexity index is 562. The monoisotopic (exact) mass is 282 g/mol. The highest BCUT2D eigenvalue weighted by atomic mass is 15.2. The van der Waals surface area contributed by atoms with E-state index in [0.717, 1.165) is 30.6 Å². The summed E-state index contributed by atoms with van der Waals surface area (Å²) in [5.41, 5.74) is 1.45. The van der Waals surface area contributed by atoms with Crippen LogP contribution in [0.25, 0.3) is 0 Å². The molecule has 1 N–H and O–H groups in total. The lowest BCUT2D eigenvalue weighted by Crippen LogP contribution is -2.35. The van der Waals surface area contributed by atoms with Crippen molar-refractivity contribution in [3.05, 3.63) is 48.3 Å². The summed E-state index contributed by atoms with van der Waals surface area (Å²) in [6.45, 7) is 2.14. The SMILES string of the molecule is CNc1cncc(N2CCC(Cc3ccccc3)CC2)n1. The van der Waals surface area contributed by atoms with Crippen molar-refractivity contribution in [2.24, 2.45) is 5.92 Å². The molecule has 4 heteroatoms. The number of nitrogens with one attached hydrogen (secondary N) is 1. The fourth-order valence-corrected chi connectivity index (χ4v) is 2.94. The first-order valence-corrected chi connectivity index (χ1v) is 7.64. The Morgan fingerprint density at radius 2 is 1.90 bits per heavy atom. The summed E-state index contributed by atoms with van der Waals surface area (Å²) in [7, 11) is 1.87. The van der Waals surface area contributed by atoms with E-state index in [-0.39, 0.29) is 0 Å². The molecule has 1 saturated heterocycles. The van der Waals surface area contributed by atoms with Gasteiger partial charge in [-0.1, -0.05) is 30.3 Å². The Morgan fingerprint density at radius 3 is 2.62 bits per heavy atom. The standard InChI is InChI=1S/C17H22N4/c1-18-16-12-19-13-17(20-16)21-9-7-15(8-10-21)11-14-5-3-2-4-6-14/h2-6,12-13,15H,7-11H2,1H3,(H,18,20). The molecule has 0 bridgehead atoms. The fourth-order valence-electron chi connectivity index (χ4n) is 2.94. The zero-order valence-electron chi connectivity index (χ0n) is 12.5. The van der Waals surface area contributed by atoms with Crippen molar-refractivity contribution < 1.29 is 0 Å². The molecule has 21 heavy (non-hydrogen) atoms. The Morgan fingerprint density at radius 1 is 1.14 bits per heavy atom. The summed E-state index contributed by atoms with van der Waals surface area (Å²) in [5, 5.41) is 3.05. The van der Waals surface area contributed by atoms with Gasteiger partial charge in [0, 0.05) is 20.1 Å². The molecule has 1 aliphatic rings. The molecule has 1 aromatic heterocycles. The molecular formula is C17H22N4. The van der Waals surface area contributed by atoms with Crippen molar-refractivity contribution in [3.63, 3.8) is 0 Å². The third-order valence-corrected chi connectivity index (χ3v) is 4.18. The maximum Gasteiger partial charge on any atom is 0.149 e. The molecule has 0 spiro atoms. The van der Waals surface area contributed by atoms with Gasteiger partial charge in [0.2, 0.25) is 0 Å². The molecule has 0 amide bonds. The van der Waals surface area contributed by atoms with Crippen molar-refractivity contribution in [3.8, 4) is 0 Å². The van der Waals surface area contributed by atoms with Crippen LogP contribution >= 0.6 is 0 Å². The van der Waals surface area contributed by atoms with Gasteiger partial charge in [-0.15, -0.1) is 0 Å². The molecule has 2 aromatic rings. The van der Waals surface area contributed by atoms with E-state index in [4.69, 9.17) is 0 Å². The second-order valence-electron chi connectivity index (χ2n) is 5.63. The van der Waals surface area contributed by atoms with E-state index < -0.39 is 0 Å². The van der Waals surface area contributed by atoms with Gasteiger partial charge in [-0.25, -0.2) is 4.98 Å². The summed E-state index contributed by atoms with van der Waals surface area (Å²) < 4.78 is 0. The molecular weight excluding hydrogens is 260 g/mol. The summed E-state index contributed by atoms with van der Waals surface area (Å²) in [5.74, 6) is 2.60. The van der Waals surface area contributed by atoms with Crippen LogP contribution in [0.5, 0.6) is 0 Å². The van der Waals surface area contributed by atoms with Crippen molar-refractivity contribution in [1.82, 2.24) is 9.97 Å². The maximum atomic E-state index is 4.58. The minimum absolute atomic E-state index is 0.782. The predicted octanol–water partition coefficient (Wildman–Crippen LogP) is 2.98. The van der Waals surface area contributed by atoms with E-state index in [1.165, 1.54) is 24.8 Å². The second-order valence-corrected chi connectivity index (χ2v) is 5.63. The van der Waals surface area contributed by atoms with Crippen LogP contribution in [0, 0.1) is 5.92 Å². The summed E-state index contributed by atoms with van der Waals surface area (Å²) >= 11 is 0. The highest BCUT2D eigenvalue weighted by Gasteiger charge is 2.20. The van der Waals surface area contributed by atoms with E-state index in [1.54, 1.807) is 6.20 Å². The normalized spacial score (nSPS) is 16.0. The molecule has 0 saturated carbocycles. The van der Waals surface area contributed by atoms with E-state index >= 15 is 0 Å². The van der Waals surface area contributed by atoms with Gasteiger partial charge in [-0.2, -0.15) is 0 Å². The summed E-state index contributed by atoms with van der Waals surface area (Å²) in [6, 6.07) is 10.8. The van der Waals surface area contributed by atoms with Crippen LogP contribution in [0.4, 0.5) is 11.6 Å². The minimum atomic E-state index is 0.782. The van der Waals surface area contributed by atoms with Gasteiger partial charge >= 0.3 is 0 Å². The molecule has 0 unspecified atom stereocenters. The number of rotatable bonds is 4. The second kappa shape index (κ2) is 6.57. The third kappa shape index (κ3) is 3.51. The first-order valence-electron chi connectivity index (χ1n) is 7.64. The lowest BCUT2D eigenvalue weighted by atomic mass is 9.90.